The third-order valence-corrected chi connectivity index (χ3v) is 6.98. The van der Waals surface area contributed by atoms with E-state index in [1.165, 1.54) is 54.7 Å². The Balaban J connectivity index is 1.36. The van der Waals surface area contributed by atoms with Crippen LogP contribution in [-0.4, -0.2) is 67.1 Å². The average molecular weight is 625 g/mol. The summed E-state index contributed by atoms with van der Waals surface area (Å²) in [6.07, 6.45) is -4.51. The number of rotatable bonds is 10. The number of nitrogens with one attached hydrogen (secondary N) is 2. The Bertz CT molecular complexity index is 1430. The molecule has 0 aliphatic carbocycles. The van der Waals surface area contributed by atoms with E-state index in [1.807, 2.05) is 0 Å². The van der Waals surface area contributed by atoms with Gasteiger partial charge in [0, 0.05) is 43.4 Å². The van der Waals surface area contributed by atoms with Crippen LogP contribution >= 0.6 is 0 Å². The van der Waals surface area contributed by atoms with E-state index in [2.05, 4.69) is 15.6 Å². The fourth-order valence-corrected chi connectivity index (χ4v) is 4.80. The highest BCUT2D eigenvalue weighted by Crippen LogP contribution is 2.31. The smallest absolute Gasteiger partial charge is 0.411 e. The van der Waals surface area contributed by atoms with Gasteiger partial charge in [0.1, 0.15) is 24.0 Å². The van der Waals surface area contributed by atoms with Gasteiger partial charge in [-0.15, -0.1) is 0 Å². The first-order valence-corrected chi connectivity index (χ1v) is 13.6. The number of benzene rings is 2. The zero-order valence-corrected chi connectivity index (χ0v) is 23.5. The largest absolute Gasteiger partial charge is 0.428 e. The SMILES string of the molecule is CN(CC(F)(F)F)C(=O)O[C@H]1CO[C@H](CCc2c(F)cccc2NC(=O)C[C@@H](c2ccc(F)cc2)c2ccncc2F)CN1. The lowest BCUT2D eigenvalue weighted by Crippen LogP contribution is -2.50. The predicted molar refractivity (Wildman–Crippen MR) is 147 cm³/mol. The van der Waals surface area contributed by atoms with Crippen LogP contribution in [0.3, 0.4) is 0 Å². The zero-order chi connectivity index (χ0) is 31.9. The first kappa shape index (κ1) is 32.7. The van der Waals surface area contributed by atoms with Crippen molar-refractivity contribution in [1.29, 1.82) is 0 Å². The van der Waals surface area contributed by atoms with E-state index >= 15 is 0 Å². The molecular weight excluding hydrogens is 594 g/mol. The van der Waals surface area contributed by atoms with Crippen molar-refractivity contribution in [2.45, 2.75) is 43.7 Å². The number of nitrogens with zero attached hydrogens (tertiary/aromatic N) is 2. The van der Waals surface area contributed by atoms with Gasteiger partial charge in [0.2, 0.25) is 5.91 Å². The van der Waals surface area contributed by atoms with Gasteiger partial charge in [-0.1, -0.05) is 18.2 Å². The van der Waals surface area contributed by atoms with Gasteiger partial charge in [0.15, 0.2) is 6.23 Å². The molecule has 0 saturated carbocycles. The molecule has 0 unspecified atom stereocenters. The van der Waals surface area contributed by atoms with Crippen LogP contribution in [0.4, 0.5) is 36.8 Å². The van der Waals surface area contributed by atoms with Crippen LogP contribution in [0.25, 0.3) is 0 Å². The highest BCUT2D eigenvalue weighted by Gasteiger charge is 2.33. The highest BCUT2D eigenvalue weighted by atomic mass is 19.4. The van der Waals surface area contributed by atoms with Gasteiger partial charge in [-0.05, 0) is 54.3 Å². The van der Waals surface area contributed by atoms with E-state index in [9.17, 15) is 35.9 Å². The summed E-state index contributed by atoms with van der Waals surface area (Å²) in [6, 6.07) is 11.0. The van der Waals surface area contributed by atoms with Gasteiger partial charge in [-0.3, -0.25) is 15.1 Å². The molecule has 14 heteroatoms. The van der Waals surface area contributed by atoms with E-state index in [0.717, 1.165) is 13.2 Å². The summed E-state index contributed by atoms with van der Waals surface area (Å²) in [6.45, 7) is -1.42. The van der Waals surface area contributed by atoms with E-state index in [4.69, 9.17) is 9.47 Å². The van der Waals surface area contributed by atoms with Crippen molar-refractivity contribution in [1.82, 2.24) is 15.2 Å². The lowest BCUT2D eigenvalue weighted by Gasteiger charge is -2.31. The molecule has 1 aliphatic heterocycles. The number of carbonyl (C=O) groups excluding carboxylic acids is 2. The molecule has 2 heterocycles. The molecule has 0 bridgehead atoms. The van der Waals surface area contributed by atoms with Gasteiger partial charge < -0.3 is 19.7 Å². The molecule has 2 aromatic carbocycles. The van der Waals surface area contributed by atoms with Crippen LogP contribution in [0.15, 0.2) is 60.9 Å². The van der Waals surface area contributed by atoms with Gasteiger partial charge in [0.05, 0.1) is 18.9 Å². The third kappa shape index (κ3) is 9.16. The van der Waals surface area contributed by atoms with Crippen LogP contribution in [-0.2, 0) is 20.7 Å². The molecule has 1 fully saturated rings. The lowest BCUT2D eigenvalue weighted by molar-refractivity contribution is -0.143. The molecule has 1 aromatic heterocycles. The number of pyridine rings is 1. The number of aromatic nitrogens is 1. The monoisotopic (exact) mass is 624 g/mol. The number of halogens is 6. The molecule has 0 spiro atoms. The van der Waals surface area contributed by atoms with Gasteiger partial charge in [-0.2, -0.15) is 13.2 Å². The van der Waals surface area contributed by atoms with Crippen molar-refractivity contribution in [3.05, 3.63) is 95.1 Å². The molecule has 3 aromatic rings. The quantitative estimate of drug-likeness (QED) is 0.288. The summed E-state index contributed by atoms with van der Waals surface area (Å²) < 4.78 is 91.3. The third-order valence-electron chi connectivity index (χ3n) is 6.98. The Labute approximate surface area is 249 Å². The zero-order valence-electron chi connectivity index (χ0n) is 23.5. The second-order valence-electron chi connectivity index (χ2n) is 10.3. The van der Waals surface area contributed by atoms with E-state index in [0.29, 0.717) is 16.9 Å². The van der Waals surface area contributed by atoms with Crippen molar-refractivity contribution >= 4 is 17.7 Å². The fraction of sp³-hybridized carbons (Fsp3) is 0.367. The molecule has 1 saturated heterocycles. The van der Waals surface area contributed by atoms with Crippen LogP contribution in [0, 0.1) is 17.5 Å². The number of morpholine rings is 1. The van der Waals surface area contributed by atoms with Gasteiger partial charge in [0.25, 0.3) is 0 Å². The normalized spacial score (nSPS) is 17.5. The molecule has 3 atom stereocenters. The summed E-state index contributed by atoms with van der Waals surface area (Å²) in [5.41, 5.74) is 1.12. The maximum absolute atomic E-state index is 14.9. The van der Waals surface area contributed by atoms with E-state index < -0.39 is 60.4 Å². The molecule has 0 radical (unpaired) electrons. The molecule has 4 rings (SSSR count). The number of carbonyl (C=O) groups is 2. The minimum Gasteiger partial charge on any atom is -0.428 e. The fourth-order valence-electron chi connectivity index (χ4n) is 4.80. The summed E-state index contributed by atoms with van der Waals surface area (Å²) >= 11 is 0. The van der Waals surface area contributed by atoms with Crippen molar-refractivity contribution in [3.63, 3.8) is 0 Å². The predicted octanol–water partition coefficient (Wildman–Crippen LogP) is 5.54. The highest BCUT2D eigenvalue weighted by molar-refractivity contribution is 5.92. The van der Waals surface area contributed by atoms with Crippen molar-refractivity contribution in [2.75, 3.05) is 32.1 Å². The number of amides is 2. The minimum atomic E-state index is -4.57. The number of anilines is 1. The second kappa shape index (κ2) is 14.5. The van der Waals surface area contributed by atoms with Gasteiger partial charge in [-0.25, -0.2) is 18.0 Å². The maximum Gasteiger partial charge on any atom is 0.411 e. The first-order chi connectivity index (χ1) is 20.9. The van der Waals surface area contributed by atoms with E-state index in [1.54, 1.807) is 0 Å². The Kier molecular flexibility index (Phi) is 10.8. The van der Waals surface area contributed by atoms with Crippen LogP contribution < -0.4 is 10.6 Å². The van der Waals surface area contributed by atoms with Crippen LogP contribution in [0.2, 0.25) is 0 Å². The molecule has 2 N–H and O–H groups in total. The number of hydrogen-bond donors (Lipinski definition) is 2. The molecule has 236 valence electrons. The summed E-state index contributed by atoms with van der Waals surface area (Å²) in [4.78, 5) is 29.2. The Hall–Kier alpha value is -4.17. The molecular formula is C30H30F6N4O4. The standard InChI is InChI=1S/C30H30F6N4O4/c1-40(17-30(34,35)36)29(42)44-28-16-43-20(14-38-28)9-10-22-24(32)3-2-4-26(22)39-27(41)13-23(18-5-7-19(31)8-6-18)21-11-12-37-15-25(21)33/h2-8,11-12,15,20,23,28,38H,9-10,13-14,16-17H2,1H3,(H,39,41)/t20-,23+,28+/m1/s1. The minimum absolute atomic E-state index is 0.131. The van der Waals surface area contributed by atoms with Crippen LogP contribution in [0.1, 0.15) is 35.4 Å². The average Bonchev–Trinajstić information content (AvgIpc) is 2.96. The summed E-state index contributed by atoms with van der Waals surface area (Å²) in [7, 11) is 0.966. The maximum atomic E-state index is 14.9. The number of ether oxygens (including phenoxy) is 2. The Morgan fingerprint density at radius 2 is 1.86 bits per heavy atom. The number of hydrogen-bond acceptors (Lipinski definition) is 6. The van der Waals surface area contributed by atoms with Gasteiger partial charge >= 0.3 is 12.3 Å². The summed E-state index contributed by atoms with van der Waals surface area (Å²) in [5, 5.41) is 5.58. The topological polar surface area (TPSA) is 92.8 Å². The summed E-state index contributed by atoms with van der Waals surface area (Å²) in [5.74, 6) is -2.99. The second-order valence-corrected chi connectivity index (χ2v) is 10.3. The van der Waals surface area contributed by atoms with E-state index in [-0.39, 0.29) is 42.8 Å². The number of alkyl halides is 3. The van der Waals surface area contributed by atoms with Crippen LogP contribution in [0.5, 0.6) is 0 Å². The van der Waals surface area contributed by atoms with Crippen molar-refractivity contribution in [3.8, 4) is 0 Å². The Morgan fingerprint density at radius 3 is 2.52 bits per heavy atom. The van der Waals surface area contributed by atoms with Crippen molar-refractivity contribution < 1.29 is 45.4 Å². The van der Waals surface area contributed by atoms with Crippen molar-refractivity contribution in [2.24, 2.45) is 0 Å². The molecule has 44 heavy (non-hydrogen) atoms. The Morgan fingerprint density at radius 1 is 1.11 bits per heavy atom. The molecule has 1 aliphatic rings. The molecule has 2 amide bonds. The molecule has 8 nitrogen and oxygen atoms in total. The first-order valence-electron chi connectivity index (χ1n) is 13.6. The lowest BCUT2D eigenvalue weighted by atomic mass is 9.88.